The maximum absolute atomic E-state index is 12.0. The molecule has 1 amide bonds. The Hall–Kier alpha value is -1.88. The summed E-state index contributed by atoms with van der Waals surface area (Å²) in [5.74, 6) is -0.996. The number of hydrogen-bond donors (Lipinski definition) is 2. The first kappa shape index (κ1) is 16.0. The van der Waals surface area contributed by atoms with Crippen LogP contribution < -0.4 is 5.32 Å². The minimum Gasteiger partial charge on any atom is -0.481 e. The van der Waals surface area contributed by atoms with E-state index in [4.69, 9.17) is 5.11 Å². The number of rotatable bonds is 6. The summed E-state index contributed by atoms with van der Waals surface area (Å²) in [6, 6.07) is 8.37. The Bertz CT molecular complexity index is 709. The quantitative estimate of drug-likeness (QED) is 0.850. The highest BCUT2D eigenvalue weighted by Crippen LogP contribution is 2.27. The molecule has 0 unspecified atom stereocenters. The zero-order chi connectivity index (χ0) is 16.2. The molecule has 122 valence electrons. The van der Waals surface area contributed by atoms with Crippen LogP contribution in [0.4, 0.5) is 0 Å². The first-order chi connectivity index (χ1) is 11.1. The summed E-state index contributed by atoms with van der Waals surface area (Å²) in [5, 5.41) is 15.4. The van der Waals surface area contributed by atoms with Crippen molar-refractivity contribution in [1.82, 2.24) is 5.32 Å². The number of fused-ring (bicyclic) bond motifs is 1. The highest BCUT2D eigenvalue weighted by molar-refractivity contribution is 7.17. The zero-order valence-corrected chi connectivity index (χ0v) is 13.8. The van der Waals surface area contributed by atoms with Crippen LogP contribution in [0.5, 0.6) is 0 Å². The second-order valence-electron chi connectivity index (χ2n) is 6.22. The van der Waals surface area contributed by atoms with E-state index in [0.717, 1.165) is 19.3 Å². The number of carboxylic acid groups (broad SMARTS) is 1. The SMILES string of the molecule is O=C(CCCc1csc2ccccc12)N[C@H]1CC[C@@H](C(=O)O)C1. The highest BCUT2D eigenvalue weighted by Gasteiger charge is 2.30. The largest absolute Gasteiger partial charge is 0.481 e. The number of hydrogen-bond acceptors (Lipinski definition) is 3. The number of thiophene rings is 1. The predicted molar refractivity (Wildman–Crippen MR) is 91.7 cm³/mol. The molecule has 1 aliphatic rings. The van der Waals surface area contributed by atoms with Crippen LogP contribution in [-0.4, -0.2) is 23.0 Å². The van der Waals surface area contributed by atoms with Gasteiger partial charge >= 0.3 is 5.97 Å². The van der Waals surface area contributed by atoms with Crippen molar-refractivity contribution in [2.75, 3.05) is 0 Å². The maximum Gasteiger partial charge on any atom is 0.306 e. The van der Waals surface area contributed by atoms with Crippen LogP contribution in [0.2, 0.25) is 0 Å². The van der Waals surface area contributed by atoms with Crippen molar-refractivity contribution in [3.8, 4) is 0 Å². The van der Waals surface area contributed by atoms with Crippen molar-refractivity contribution >= 4 is 33.3 Å². The Balaban J connectivity index is 1.44. The van der Waals surface area contributed by atoms with Crippen molar-refractivity contribution < 1.29 is 14.7 Å². The van der Waals surface area contributed by atoms with Gasteiger partial charge in [0, 0.05) is 17.2 Å². The van der Waals surface area contributed by atoms with Gasteiger partial charge in [0.15, 0.2) is 0 Å². The van der Waals surface area contributed by atoms with E-state index in [2.05, 4.69) is 22.8 Å². The van der Waals surface area contributed by atoms with Gasteiger partial charge in [-0.1, -0.05) is 18.2 Å². The molecule has 2 aromatic rings. The van der Waals surface area contributed by atoms with Gasteiger partial charge in [-0.3, -0.25) is 9.59 Å². The van der Waals surface area contributed by atoms with E-state index in [1.54, 1.807) is 11.3 Å². The minimum absolute atomic E-state index is 0.0329. The number of aryl methyl sites for hydroxylation is 1. The molecule has 1 aliphatic carbocycles. The zero-order valence-electron chi connectivity index (χ0n) is 13.0. The molecule has 5 heteroatoms. The van der Waals surface area contributed by atoms with E-state index in [1.165, 1.54) is 15.6 Å². The summed E-state index contributed by atoms with van der Waals surface area (Å²) in [4.78, 5) is 22.9. The molecule has 23 heavy (non-hydrogen) atoms. The van der Waals surface area contributed by atoms with Gasteiger partial charge in [-0.25, -0.2) is 0 Å². The Labute approximate surface area is 139 Å². The monoisotopic (exact) mass is 331 g/mol. The standard InChI is InChI=1S/C18H21NO3S/c20-17(19-14-9-8-12(10-14)18(21)22)7-3-4-13-11-23-16-6-2-1-5-15(13)16/h1-2,5-6,11-12,14H,3-4,7-10H2,(H,19,20)(H,21,22)/t12-,14+/m1/s1. The molecule has 4 nitrogen and oxygen atoms in total. The topological polar surface area (TPSA) is 66.4 Å². The number of carboxylic acids is 1. The molecule has 2 N–H and O–H groups in total. The first-order valence-electron chi connectivity index (χ1n) is 8.11. The molecule has 1 aromatic carbocycles. The summed E-state index contributed by atoms with van der Waals surface area (Å²) in [7, 11) is 0. The van der Waals surface area contributed by atoms with Crippen LogP contribution in [0.25, 0.3) is 10.1 Å². The Morgan fingerprint density at radius 1 is 1.26 bits per heavy atom. The van der Waals surface area contributed by atoms with Crippen molar-refractivity contribution in [2.45, 2.75) is 44.6 Å². The normalized spacial score (nSPS) is 20.7. The van der Waals surface area contributed by atoms with Crippen molar-refractivity contribution in [3.05, 3.63) is 35.2 Å². The van der Waals surface area contributed by atoms with Gasteiger partial charge in [0.25, 0.3) is 0 Å². The van der Waals surface area contributed by atoms with Crippen molar-refractivity contribution in [1.29, 1.82) is 0 Å². The van der Waals surface area contributed by atoms with Gasteiger partial charge < -0.3 is 10.4 Å². The summed E-state index contributed by atoms with van der Waals surface area (Å²) >= 11 is 1.75. The van der Waals surface area contributed by atoms with Gasteiger partial charge in [-0.05, 0) is 54.5 Å². The molecule has 0 aliphatic heterocycles. The molecule has 0 bridgehead atoms. The Morgan fingerprint density at radius 3 is 2.87 bits per heavy atom. The molecular weight excluding hydrogens is 310 g/mol. The van der Waals surface area contributed by atoms with Crippen molar-refractivity contribution in [2.24, 2.45) is 5.92 Å². The summed E-state index contributed by atoms with van der Waals surface area (Å²) in [6.07, 6.45) is 4.23. The van der Waals surface area contributed by atoms with E-state index in [9.17, 15) is 9.59 Å². The lowest BCUT2D eigenvalue weighted by atomic mass is 10.1. The third-order valence-electron chi connectivity index (χ3n) is 4.56. The van der Waals surface area contributed by atoms with Crippen molar-refractivity contribution in [3.63, 3.8) is 0 Å². The summed E-state index contributed by atoms with van der Waals surface area (Å²) < 4.78 is 1.29. The fraction of sp³-hybridized carbons (Fsp3) is 0.444. The van der Waals surface area contributed by atoms with Gasteiger partial charge in [0.2, 0.25) is 5.91 Å². The van der Waals surface area contributed by atoms with E-state index in [0.29, 0.717) is 19.3 Å². The summed E-state index contributed by atoms with van der Waals surface area (Å²) in [6.45, 7) is 0. The molecule has 3 rings (SSSR count). The average molecular weight is 331 g/mol. The van der Waals surface area contributed by atoms with Gasteiger partial charge in [0.1, 0.15) is 0 Å². The third kappa shape index (κ3) is 3.91. The number of amides is 1. The van der Waals surface area contributed by atoms with Gasteiger partial charge in [0.05, 0.1) is 5.92 Å². The van der Waals surface area contributed by atoms with Crippen LogP contribution in [-0.2, 0) is 16.0 Å². The van der Waals surface area contributed by atoms with E-state index >= 15 is 0 Å². The first-order valence-corrected chi connectivity index (χ1v) is 8.98. The fourth-order valence-electron chi connectivity index (χ4n) is 3.30. The molecule has 0 saturated heterocycles. The molecule has 2 atom stereocenters. The molecule has 1 aromatic heterocycles. The number of aliphatic carboxylic acids is 1. The second-order valence-corrected chi connectivity index (χ2v) is 7.13. The molecule has 0 spiro atoms. The lowest BCUT2D eigenvalue weighted by molar-refractivity contribution is -0.141. The van der Waals surface area contributed by atoms with Crippen LogP contribution in [0.15, 0.2) is 29.6 Å². The third-order valence-corrected chi connectivity index (χ3v) is 5.57. The molecule has 1 fully saturated rings. The molecule has 1 heterocycles. The Morgan fingerprint density at radius 2 is 2.09 bits per heavy atom. The minimum atomic E-state index is -0.744. The molecule has 0 radical (unpaired) electrons. The lowest BCUT2D eigenvalue weighted by Crippen LogP contribution is -2.33. The second kappa shape index (κ2) is 7.13. The van der Waals surface area contributed by atoms with E-state index in [-0.39, 0.29) is 17.9 Å². The van der Waals surface area contributed by atoms with Crippen LogP contribution in [0.3, 0.4) is 0 Å². The number of carbonyl (C=O) groups is 2. The van der Waals surface area contributed by atoms with Crippen LogP contribution in [0.1, 0.15) is 37.7 Å². The van der Waals surface area contributed by atoms with E-state index < -0.39 is 5.97 Å². The fourth-order valence-corrected chi connectivity index (χ4v) is 4.30. The van der Waals surface area contributed by atoms with Gasteiger partial charge in [-0.2, -0.15) is 0 Å². The average Bonchev–Trinajstić information content (AvgIpc) is 3.15. The smallest absolute Gasteiger partial charge is 0.306 e. The number of nitrogens with one attached hydrogen (secondary N) is 1. The highest BCUT2D eigenvalue weighted by atomic mass is 32.1. The lowest BCUT2D eigenvalue weighted by Gasteiger charge is -2.12. The maximum atomic E-state index is 12.0. The number of carbonyl (C=O) groups excluding carboxylic acids is 1. The summed E-state index contributed by atoms with van der Waals surface area (Å²) in [5.41, 5.74) is 1.31. The predicted octanol–water partition coefficient (Wildman–Crippen LogP) is 3.59. The van der Waals surface area contributed by atoms with E-state index in [1.807, 2.05) is 12.1 Å². The Kier molecular flexibility index (Phi) is 4.96. The molecule has 1 saturated carbocycles. The molecular formula is C18H21NO3S. The number of benzene rings is 1. The van der Waals surface area contributed by atoms with Gasteiger partial charge in [-0.15, -0.1) is 11.3 Å². The van der Waals surface area contributed by atoms with Crippen LogP contribution >= 0.6 is 11.3 Å². The van der Waals surface area contributed by atoms with Crippen LogP contribution in [0, 0.1) is 5.92 Å².